The van der Waals surface area contributed by atoms with E-state index in [2.05, 4.69) is 37.7 Å². The topological polar surface area (TPSA) is 48.8 Å². The molecule has 0 spiro atoms. The van der Waals surface area contributed by atoms with Crippen LogP contribution in [0.1, 0.15) is 53.4 Å². The molecule has 0 rings (SSSR count). The van der Waals surface area contributed by atoms with Crippen molar-refractivity contribution in [2.45, 2.75) is 53.4 Å². The number of hydrogen-bond donors (Lipinski definition) is 0. The number of unbranched alkanes of at least 4 members (excludes halogenated alkanes) is 1. The molecular formula is C11H23N3. The van der Waals surface area contributed by atoms with E-state index in [0.29, 0.717) is 12.0 Å². The van der Waals surface area contributed by atoms with Gasteiger partial charge in [-0.1, -0.05) is 39.2 Å². The van der Waals surface area contributed by atoms with Crippen LogP contribution in [-0.2, 0) is 0 Å². The predicted molar refractivity (Wildman–Crippen MR) is 61.1 cm³/mol. The van der Waals surface area contributed by atoms with Crippen LogP contribution in [0.3, 0.4) is 0 Å². The minimum absolute atomic E-state index is 0.435. The van der Waals surface area contributed by atoms with Gasteiger partial charge in [0.25, 0.3) is 0 Å². The van der Waals surface area contributed by atoms with Crippen molar-refractivity contribution in [3.8, 4) is 0 Å². The minimum Gasteiger partial charge on any atom is -0.0940 e. The monoisotopic (exact) mass is 197 g/mol. The quantitative estimate of drug-likeness (QED) is 0.249. The van der Waals surface area contributed by atoms with E-state index < -0.39 is 0 Å². The van der Waals surface area contributed by atoms with Crippen molar-refractivity contribution in [3.63, 3.8) is 0 Å². The molecule has 0 atom stereocenters. The second kappa shape index (κ2) is 6.72. The molecule has 0 aromatic rings. The Labute approximate surface area is 87.5 Å². The van der Waals surface area contributed by atoms with Crippen molar-refractivity contribution in [1.82, 2.24) is 0 Å². The van der Waals surface area contributed by atoms with Crippen LogP contribution in [0.4, 0.5) is 0 Å². The number of rotatable bonds is 7. The van der Waals surface area contributed by atoms with Gasteiger partial charge in [-0.25, -0.2) is 0 Å². The van der Waals surface area contributed by atoms with E-state index in [1.807, 2.05) is 0 Å². The summed E-state index contributed by atoms with van der Waals surface area (Å²) < 4.78 is 0. The van der Waals surface area contributed by atoms with Gasteiger partial charge in [0.1, 0.15) is 0 Å². The Balaban J connectivity index is 3.59. The standard InChI is InChI=1S/C11H23N3/c1-10(2)9-11(3,4)7-5-6-8-13-14-12/h10H,5-9H2,1-4H3. The Morgan fingerprint density at radius 2 is 1.93 bits per heavy atom. The first-order valence-corrected chi connectivity index (χ1v) is 5.49. The van der Waals surface area contributed by atoms with E-state index in [0.717, 1.165) is 12.3 Å². The molecule has 0 fully saturated rings. The smallest absolute Gasteiger partial charge is 0.0257 e. The lowest BCUT2D eigenvalue weighted by atomic mass is 9.80. The van der Waals surface area contributed by atoms with Crippen LogP contribution in [-0.4, -0.2) is 6.54 Å². The fourth-order valence-electron chi connectivity index (χ4n) is 2.04. The molecule has 3 heteroatoms. The molecule has 0 aliphatic carbocycles. The summed E-state index contributed by atoms with van der Waals surface area (Å²) in [6.07, 6.45) is 4.69. The van der Waals surface area contributed by atoms with Crippen molar-refractivity contribution < 1.29 is 0 Å². The molecule has 0 heterocycles. The molecule has 0 N–H and O–H groups in total. The maximum absolute atomic E-state index is 8.10. The van der Waals surface area contributed by atoms with Gasteiger partial charge in [0.15, 0.2) is 0 Å². The largest absolute Gasteiger partial charge is 0.0940 e. The second-order valence-electron chi connectivity index (χ2n) is 5.17. The van der Waals surface area contributed by atoms with E-state index in [9.17, 15) is 0 Å². The first-order chi connectivity index (χ1) is 6.48. The Morgan fingerprint density at radius 1 is 1.29 bits per heavy atom. The maximum Gasteiger partial charge on any atom is 0.0257 e. The van der Waals surface area contributed by atoms with E-state index >= 15 is 0 Å². The van der Waals surface area contributed by atoms with Gasteiger partial charge in [-0.15, -0.1) is 0 Å². The summed E-state index contributed by atoms with van der Waals surface area (Å²) in [5.74, 6) is 0.766. The molecule has 0 saturated heterocycles. The van der Waals surface area contributed by atoms with Crippen molar-refractivity contribution in [1.29, 1.82) is 0 Å². The summed E-state index contributed by atoms with van der Waals surface area (Å²) in [6, 6.07) is 0. The van der Waals surface area contributed by atoms with Gasteiger partial charge in [-0.05, 0) is 36.1 Å². The van der Waals surface area contributed by atoms with Crippen LogP contribution in [0, 0.1) is 11.3 Å². The Hall–Kier alpha value is -0.690. The molecule has 3 nitrogen and oxygen atoms in total. The molecular weight excluding hydrogens is 174 g/mol. The van der Waals surface area contributed by atoms with Crippen LogP contribution in [0.15, 0.2) is 5.11 Å². The zero-order valence-electron chi connectivity index (χ0n) is 9.95. The van der Waals surface area contributed by atoms with Crippen molar-refractivity contribution in [3.05, 3.63) is 10.4 Å². The van der Waals surface area contributed by atoms with Crippen LogP contribution >= 0.6 is 0 Å². The number of nitrogens with zero attached hydrogens (tertiary/aromatic N) is 3. The van der Waals surface area contributed by atoms with E-state index in [-0.39, 0.29) is 0 Å². The highest BCUT2D eigenvalue weighted by atomic mass is 15.1. The summed E-state index contributed by atoms with van der Waals surface area (Å²) in [4.78, 5) is 2.74. The Bertz CT molecular complexity index is 191. The Kier molecular flexibility index (Phi) is 6.39. The molecule has 0 unspecified atom stereocenters. The third-order valence-corrected chi connectivity index (χ3v) is 2.39. The van der Waals surface area contributed by atoms with Crippen LogP contribution in [0.5, 0.6) is 0 Å². The zero-order valence-corrected chi connectivity index (χ0v) is 9.95. The van der Waals surface area contributed by atoms with E-state index in [1.165, 1.54) is 19.3 Å². The fraction of sp³-hybridized carbons (Fsp3) is 1.00. The summed E-state index contributed by atoms with van der Waals surface area (Å²) in [6.45, 7) is 9.82. The molecule has 0 amide bonds. The highest BCUT2D eigenvalue weighted by molar-refractivity contribution is 4.70. The molecule has 0 aromatic heterocycles. The van der Waals surface area contributed by atoms with E-state index in [4.69, 9.17) is 5.53 Å². The average molecular weight is 197 g/mol. The van der Waals surface area contributed by atoms with E-state index in [1.54, 1.807) is 0 Å². The van der Waals surface area contributed by atoms with Crippen molar-refractivity contribution in [2.75, 3.05) is 6.54 Å². The van der Waals surface area contributed by atoms with Crippen molar-refractivity contribution in [2.24, 2.45) is 16.4 Å². The summed E-state index contributed by atoms with van der Waals surface area (Å²) >= 11 is 0. The number of azide groups is 1. The molecule has 0 aliphatic rings. The molecule has 82 valence electrons. The summed E-state index contributed by atoms with van der Waals surface area (Å²) in [7, 11) is 0. The van der Waals surface area contributed by atoms with Crippen LogP contribution in [0.2, 0.25) is 0 Å². The first kappa shape index (κ1) is 13.3. The second-order valence-corrected chi connectivity index (χ2v) is 5.17. The maximum atomic E-state index is 8.10. The molecule has 0 aliphatic heterocycles. The van der Waals surface area contributed by atoms with Gasteiger partial charge in [0, 0.05) is 11.5 Å². The molecule has 14 heavy (non-hydrogen) atoms. The summed E-state index contributed by atoms with van der Waals surface area (Å²) in [5.41, 5.74) is 8.54. The predicted octanol–water partition coefficient (Wildman–Crippen LogP) is 4.54. The number of hydrogen-bond acceptors (Lipinski definition) is 1. The fourth-order valence-corrected chi connectivity index (χ4v) is 2.04. The third-order valence-electron chi connectivity index (χ3n) is 2.39. The highest BCUT2D eigenvalue weighted by Gasteiger charge is 2.18. The molecule has 0 radical (unpaired) electrons. The first-order valence-electron chi connectivity index (χ1n) is 5.49. The zero-order chi connectivity index (χ0) is 11.0. The van der Waals surface area contributed by atoms with Gasteiger partial charge in [-0.3, -0.25) is 0 Å². The molecule has 0 saturated carbocycles. The lowest BCUT2D eigenvalue weighted by Gasteiger charge is -2.26. The molecule has 0 bridgehead atoms. The SMILES string of the molecule is CC(C)CC(C)(C)CCCCN=[N+]=[N-]. The van der Waals surface area contributed by atoms with Gasteiger partial charge in [-0.2, -0.15) is 0 Å². The van der Waals surface area contributed by atoms with Crippen molar-refractivity contribution >= 4 is 0 Å². The van der Waals surface area contributed by atoms with Gasteiger partial charge in [0.2, 0.25) is 0 Å². The molecule has 0 aromatic carbocycles. The van der Waals surface area contributed by atoms with Gasteiger partial charge < -0.3 is 0 Å². The minimum atomic E-state index is 0.435. The normalized spacial score (nSPS) is 11.5. The van der Waals surface area contributed by atoms with Crippen LogP contribution < -0.4 is 0 Å². The average Bonchev–Trinajstić information content (AvgIpc) is 2.01. The lowest BCUT2D eigenvalue weighted by molar-refractivity contribution is 0.258. The van der Waals surface area contributed by atoms with Crippen LogP contribution in [0.25, 0.3) is 10.4 Å². The summed E-state index contributed by atoms with van der Waals surface area (Å²) in [5, 5.41) is 3.53. The van der Waals surface area contributed by atoms with Gasteiger partial charge in [0.05, 0.1) is 0 Å². The third kappa shape index (κ3) is 7.93. The Morgan fingerprint density at radius 3 is 2.43 bits per heavy atom. The lowest BCUT2D eigenvalue weighted by Crippen LogP contribution is -2.14. The highest BCUT2D eigenvalue weighted by Crippen LogP contribution is 2.30. The van der Waals surface area contributed by atoms with Gasteiger partial charge >= 0.3 is 0 Å².